The van der Waals surface area contributed by atoms with Crippen molar-refractivity contribution in [3.63, 3.8) is 0 Å². The summed E-state index contributed by atoms with van der Waals surface area (Å²) in [6, 6.07) is 5.11. The Hall–Kier alpha value is -2.72. The van der Waals surface area contributed by atoms with Crippen LogP contribution in [0.25, 0.3) is 0 Å². The van der Waals surface area contributed by atoms with E-state index in [1.165, 1.54) is 11.3 Å². The molecule has 1 saturated carbocycles. The summed E-state index contributed by atoms with van der Waals surface area (Å²) in [5, 5.41) is 4.74. The minimum absolute atomic E-state index is 0.00423. The third-order valence-corrected chi connectivity index (χ3v) is 5.71. The molecule has 2 aromatic rings. The number of nitrogens with one attached hydrogen (secondary N) is 1. The number of carbonyl (C=O) groups is 2. The van der Waals surface area contributed by atoms with E-state index in [1.54, 1.807) is 17.5 Å². The topological polar surface area (TPSA) is 49.4 Å². The highest BCUT2D eigenvalue weighted by Crippen LogP contribution is 2.33. The number of thiophene rings is 1. The van der Waals surface area contributed by atoms with E-state index >= 15 is 0 Å². The molecule has 146 valence electrons. The van der Waals surface area contributed by atoms with Gasteiger partial charge in [0.2, 0.25) is 5.91 Å². The Labute approximate surface area is 166 Å². The highest BCUT2D eigenvalue weighted by Gasteiger charge is 2.35. The molecule has 1 aliphatic carbocycles. The molecule has 0 bridgehead atoms. The van der Waals surface area contributed by atoms with Crippen molar-refractivity contribution < 1.29 is 18.4 Å². The molecule has 1 aromatic carbocycles. The van der Waals surface area contributed by atoms with Gasteiger partial charge in [-0.25, -0.2) is 8.78 Å². The van der Waals surface area contributed by atoms with Crippen molar-refractivity contribution in [1.29, 1.82) is 0 Å². The molecule has 1 atom stereocenters. The highest BCUT2D eigenvalue weighted by molar-refractivity contribution is 7.10. The normalized spacial score (nSPS) is 15.5. The van der Waals surface area contributed by atoms with Gasteiger partial charge in [0.15, 0.2) is 6.04 Å². The molecular weight excluding hydrogens is 382 g/mol. The van der Waals surface area contributed by atoms with Crippen LogP contribution in [0.15, 0.2) is 35.7 Å². The number of amides is 2. The van der Waals surface area contributed by atoms with Crippen LogP contribution in [-0.2, 0) is 9.59 Å². The van der Waals surface area contributed by atoms with Crippen LogP contribution >= 0.6 is 11.3 Å². The molecule has 28 heavy (non-hydrogen) atoms. The summed E-state index contributed by atoms with van der Waals surface area (Å²) < 4.78 is 27.9. The molecule has 0 radical (unpaired) electrons. The van der Waals surface area contributed by atoms with Crippen molar-refractivity contribution in [2.24, 2.45) is 0 Å². The quantitative estimate of drug-likeness (QED) is 0.763. The van der Waals surface area contributed by atoms with E-state index in [9.17, 15) is 18.4 Å². The van der Waals surface area contributed by atoms with Gasteiger partial charge in [-0.3, -0.25) is 14.5 Å². The number of halogens is 2. The van der Waals surface area contributed by atoms with Gasteiger partial charge in [0.1, 0.15) is 11.6 Å². The first-order chi connectivity index (χ1) is 13.5. The number of hydrogen-bond acceptors (Lipinski definition) is 3. The summed E-state index contributed by atoms with van der Waals surface area (Å²) in [5.74, 6) is -1.09. The minimum Gasteiger partial charge on any atom is -0.351 e. The van der Waals surface area contributed by atoms with Crippen LogP contribution < -0.4 is 10.2 Å². The second-order valence-corrected chi connectivity index (χ2v) is 7.66. The Morgan fingerprint density at radius 3 is 2.57 bits per heavy atom. The Bertz CT molecular complexity index is 886. The van der Waals surface area contributed by atoms with Crippen LogP contribution in [0.2, 0.25) is 0 Å². The van der Waals surface area contributed by atoms with E-state index in [-0.39, 0.29) is 11.7 Å². The van der Waals surface area contributed by atoms with Crippen LogP contribution in [-0.4, -0.2) is 17.9 Å². The summed E-state index contributed by atoms with van der Waals surface area (Å²) in [5.41, 5.74) is -0.235. The van der Waals surface area contributed by atoms with E-state index in [4.69, 9.17) is 6.42 Å². The zero-order valence-corrected chi connectivity index (χ0v) is 16.0. The lowest BCUT2D eigenvalue weighted by atomic mass is 9.95. The Morgan fingerprint density at radius 1 is 1.21 bits per heavy atom. The van der Waals surface area contributed by atoms with E-state index in [1.807, 2.05) is 5.92 Å². The van der Waals surface area contributed by atoms with E-state index in [2.05, 4.69) is 5.32 Å². The molecule has 7 heteroatoms. The first kappa shape index (κ1) is 20.0. The Morgan fingerprint density at radius 2 is 1.96 bits per heavy atom. The van der Waals surface area contributed by atoms with Crippen LogP contribution in [0.3, 0.4) is 0 Å². The van der Waals surface area contributed by atoms with E-state index < -0.39 is 29.5 Å². The van der Waals surface area contributed by atoms with E-state index in [0.717, 1.165) is 49.1 Å². The maximum atomic E-state index is 14.5. The fourth-order valence-electron chi connectivity index (χ4n) is 3.46. The third-order valence-electron chi connectivity index (χ3n) is 4.78. The molecule has 0 saturated heterocycles. The summed E-state index contributed by atoms with van der Waals surface area (Å²) in [7, 11) is 0. The van der Waals surface area contributed by atoms with Crippen LogP contribution in [0.4, 0.5) is 14.5 Å². The predicted molar refractivity (Wildman–Crippen MR) is 105 cm³/mol. The first-order valence-electron chi connectivity index (χ1n) is 9.10. The molecule has 2 amide bonds. The number of nitrogens with zero attached hydrogens (tertiary/aromatic N) is 1. The molecular formula is C21H20F2N2O2S. The minimum atomic E-state index is -1.13. The maximum Gasteiger partial charge on any atom is 0.303 e. The smallest absolute Gasteiger partial charge is 0.303 e. The lowest BCUT2D eigenvalue weighted by Gasteiger charge is -2.31. The summed E-state index contributed by atoms with van der Waals surface area (Å²) in [6.45, 7) is 0. The lowest BCUT2D eigenvalue weighted by Crippen LogP contribution is -2.47. The van der Waals surface area contributed by atoms with Crippen LogP contribution in [0, 0.1) is 24.0 Å². The summed E-state index contributed by atoms with van der Waals surface area (Å²) in [4.78, 5) is 27.2. The third kappa shape index (κ3) is 4.39. The van der Waals surface area contributed by atoms with Gasteiger partial charge in [-0.15, -0.1) is 17.8 Å². The number of rotatable bonds is 5. The fraction of sp³-hybridized carbons (Fsp3) is 0.333. The van der Waals surface area contributed by atoms with E-state index in [0.29, 0.717) is 10.9 Å². The van der Waals surface area contributed by atoms with Crippen molar-refractivity contribution in [2.75, 3.05) is 4.90 Å². The maximum absolute atomic E-state index is 14.5. The van der Waals surface area contributed by atoms with Crippen LogP contribution in [0.5, 0.6) is 0 Å². The molecule has 1 unspecified atom stereocenters. The largest absolute Gasteiger partial charge is 0.351 e. The van der Waals surface area contributed by atoms with Gasteiger partial charge in [0, 0.05) is 17.0 Å². The lowest BCUT2D eigenvalue weighted by molar-refractivity contribution is -0.125. The average Bonchev–Trinajstić information content (AvgIpc) is 3.21. The molecule has 0 aliphatic heterocycles. The van der Waals surface area contributed by atoms with Gasteiger partial charge in [-0.1, -0.05) is 25.3 Å². The number of benzene rings is 1. The molecule has 1 N–H and O–H groups in total. The van der Waals surface area contributed by atoms with Crippen molar-refractivity contribution >= 4 is 28.8 Å². The zero-order valence-electron chi connectivity index (χ0n) is 15.2. The molecule has 4 nitrogen and oxygen atoms in total. The average molecular weight is 402 g/mol. The molecule has 1 aromatic heterocycles. The number of carbonyl (C=O) groups excluding carboxylic acids is 2. The van der Waals surface area contributed by atoms with Gasteiger partial charge < -0.3 is 5.32 Å². The second-order valence-electron chi connectivity index (χ2n) is 6.68. The molecule has 1 heterocycles. The number of hydrogen-bond donors (Lipinski definition) is 1. The summed E-state index contributed by atoms with van der Waals surface area (Å²) in [6.07, 6.45) is 10.2. The highest BCUT2D eigenvalue weighted by atomic mass is 32.1. The van der Waals surface area contributed by atoms with Crippen molar-refractivity contribution in [2.45, 2.75) is 44.2 Å². The van der Waals surface area contributed by atoms with Gasteiger partial charge in [0.05, 0.1) is 5.69 Å². The second kappa shape index (κ2) is 8.98. The Balaban J connectivity index is 2.01. The zero-order chi connectivity index (χ0) is 20.1. The molecule has 1 aliphatic rings. The standard InChI is InChI=1S/C21H20F2N2O2S/c1-2-19(26)25(17-11-10-14(22)13-16(17)23)20(18-9-6-12-28-18)21(27)24-15-7-4-3-5-8-15/h1,6,9-13,15,20H,3-5,7-8H2,(H,24,27). The van der Waals surface area contributed by atoms with Crippen molar-refractivity contribution in [3.05, 3.63) is 52.2 Å². The van der Waals surface area contributed by atoms with Gasteiger partial charge >= 0.3 is 5.91 Å². The summed E-state index contributed by atoms with van der Waals surface area (Å²) >= 11 is 1.26. The van der Waals surface area contributed by atoms with Crippen LogP contribution in [0.1, 0.15) is 43.0 Å². The van der Waals surface area contributed by atoms with Crippen molar-refractivity contribution in [1.82, 2.24) is 5.32 Å². The molecule has 1 fully saturated rings. The van der Waals surface area contributed by atoms with Gasteiger partial charge in [-0.2, -0.15) is 0 Å². The molecule has 0 spiro atoms. The fourth-order valence-corrected chi connectivity index (χ4v) is 4.27. The predicted octanol–water partition coefficient (Wildman–Crippen LogP) is 4.18. The van der Waals surface area contributed by atoms with Crippen molar-refractivity contribution in [3.8, 4) is 12.3 Å². The molecule has 3 rings (SSSR count). The number of anilines is 1. The van der Waals surface area contributed by atoms with Gasteiger partial charge in [-0.05, 0) is 42.3 Å². The first-order valence-corrected chi connectivity index (χ1v) is 9.98. The van der Waals surface area contributed by atoms with Gasteiger partial charge in [0.25, 0.3) is 0 Å². The Kier molecular flexibility index (Phi) is 6.42. The SMILES string of the molecule is C#CC(=O)N(c1ccc(F)cc1F)C(C(=O)NC1CCCCC1)c1cccs1. The monoisotopic (exact) mass is 402 g/mol. The number of terminal acetylenes is 1.